The molecular formula is C16H12ClNO2. The van der Waals surface area contributed by atoms with Gasteiger partial charge in [-0.15, -0.1) is 0 Å². The third-order valence-corrected chi connectivity index (χ3v) is 3.17. The maximum atomic E-state index is 11.3. The van der Waals surface area contributed by atoms with Gasteiger partial charge in [-0.05, 0) is 31.2 Å². The smallest absolute Gasteiger partial charge is 0.159 e. The van der Waals surface area contributed by atoms with Crippen LogP contribution < -0.4 is 4.74 Å². The van der Waals surface area contributed by atoms with Crippen LogP contribution in [-0.4, -0.2) is 5.78 Å². The molecule has 0 N–H and O–H groups in total. The second-order valence-electron chi connectivity index (χ2n) is 4.29. The maximum absolute atomic E-state index is 11.3. The van der Waals surface area contributed by atoms with Crippen molar-refractivity contribution in [1.82, 2.24) is 0 Å². The van der Waals surface area contributed by atoms with E-state index in [2.05, 4.69) is 0 Å². The Kier molecular flexibility index (Phi) is 4.39. The van der Waals surface area contributed by atoms with Crippen molar-refractivity contribution < 1.29 is 9.53 Å². The van der Waals surface area contributed by atoms with Crippen molar-refractivity contribution in [1.29, 1.82) is 5.26 Å². The Balaban J connectivity index is 2.11. The molecule has 0 fully saturated rings. The van der Waals surface area contributed by atoms with Crippen molar-refractivity contribution >= 4 is 17.4 Å². The number of rotatable bonds is 4. The van der Waals surface area contributed by atoms with Crippen LogP contribution in [0.4, 0.5) is 0 Å². The van der Waals surface area contributed by atoms with Crippen LogP contribution in [0.25, 0.3) is 0 Å². The number of ketones is 1. The van der Waals surface area contributed by atoms with Gasteiger partial charge in [-0.3, -0.25) is 4.79 Å². The normalized spacial score (nSPS) is 9.85. The van der Waals surface area contributed by atoms with Crippen molar-refractivity contribution in [3.05, 3.63) is 64.2 Å². The standard InChI is InChI=1S/C16H12ClNO2/c1-11(19)13-3-2-4-15(8-13)20-10-14-6-5-12(9-18)7-16(14)17/h2-8H,10H2,1H3. The monoisotopic (exact) mass is 285 g/mol. The lowest BCUT2D eigenvalue weighted by molar-refractivity contribution is 0.101. The molecule has 0 saturated heterocycles. The summed E-state index contributed by atoms with van der Waals surface area (Å²) in [5, 5.41) is 9.26. The van der Waals surface area contributed by atoms with E-state index >= 15 is 0 Å². The first kappa shape index (κ1) is 14.1. The van der Waals surface area contributed by atoms with Crippen LogP contribution in [0.3, 0.4) is 0 Å². The first-order valence-corrected chi connectivity index (χ1v) is 6.40. The van der Waals surface area contributed by atoms with Gasteiger partial charge >= 0.3 is 0 Å². The second-order valence-corrected chi connectivity index (χ2v) is 4.70. The molecule has 0 atom stereocenters. The summed E-state index contributed by atoms with van der Waals surface area (Å²) in [6.07, 6.45) is 0. The minimum absolute atomic E-state index is 0.00754. The molecule has 0 saturated carbocycles. The van der Waals surface area contributed by atoms with Gasteiger partial charge in [0.25, 0.3) is 0 Å². The van der Waals surface area contributed by atoms with E-state index < -0.39 is 0 Å². The van der Waals surface area contributed by atoms with Crippen LogP contribution in [0.2, 0.25) is 5.02 Å². The summed E-state index contributed by atoms with van der Waals surface area (Å²) in [7, 11) is 0. The molecule has 2 rings (SSSR count). The Morgan fingerprint density at radius 2 is 2.10 bits per heavy atom. The van der Waals surface area contributed by atoms with Gasteiger partial charge in [-0.25, -0.2) is 0 Å². The quantitative estimate of drug-likeness (QED) is 0.798. The molecule has 2 aromatic carbocycles. The number of hydrogen-bond acceptors (Lipinski definition) is 3. The fourth-order valence-electron chi connectivity index (χ4n) is 1.70. The number of halogens is 1. The van der Waals surface area contributed by atoms with E-state index in [1.165, 1.54) is 6.92 Å². The molecule has 2 aromatic rings. The van der Waals surface area contributed by atoms with Crippen molar-refractivity contribution in [3.8, 4) is 11.8 Å². The highest BCUT2D eigenvalue weighted by atomic mass is 35.5. The highest BCUT2D eigenvalue weighted by Crippen LogP contribution is 2.21. The van der Waals surface area contributed by atoms with Gasteiger partial charge in [-0.2, -0.15) is 5.26 Å². The summed E-state index contributed by atoms with van der Waals surface area (Å²) < 4.78 is 5.62. The summed E-state index contributed by atoms with van der Waals surface area (Å²) in [4.78, 5) is 11.3. The Morgan fingerprint density at radius 1 is 1.30 bits per heavy atom. The molecule has 0 unspecified atom stereocenters. The highest BCUT2D eigenvalue weighted by Gasteiger charge is 2.05. The molecule has 0 amide bonds. The van der Waals surface area contributed by atoms with E-state index in [0.29, 0.717) is 21.9 Å². The van der Waals surface area contributed by atoms with E-state index in [1.54, 1.807) is 42.5 Å². The van der Waals surface area contributed by atoms with Crippen LogP contribution >= 0.6 is 11.6 Å². The fourth-order valence-corrected chi connectivity index (χ4v) is 1.93. The number of hydrogen-bond donors (Lipinski definition) is 0. The number of nitrogens with zero attached hydrogens (tertiary/aromatic N) is 1. The molecule has 0 spiro atoms. The lowest BCUT2D eigenvalue weighted by Gasteiger charge is -2.08. The SMILES string of the molecule is CC(=O)c1cccc(OCc2ccc(C#N)cc2Cl)c1. The maximum Gasteiger partial charge on any atom is 0.159 e. The topological polar surface area (TPSA) is 50.1 Å². The Bertz CT molecular complexity index is 689. The van der Waals surface area contributed by atoms with Crippen LogP contribution in [-0.2, 0) is 6.61 Å². The summed E-state index contributed by atoms with van der Waals surface area (Å²) in [6, 6.07) is 14.1. The molecular weight excluding hydrogens is 274 g/mol. The predicted octanol–water partition coefficient (Wildman–Crippen LogP) is 3.99. The van der Waals surface area contributed by atoms with Gasteiger partial charge < -0.3 is 4.74 Å². The molecule has 3 nitrogen and oxygen atoms in total. The number of nitriles is 1. The van der Waals surface area contributed by atoms with E-state index in [-0.39, 0.29) is 12.4 Å². The molecule has 0 aliphatic rings. The minimum atomic E-state index is -0.00754. The van der Waals surface area contributed by atoms with Crippen LogP contribution in [0.1, 0.15) is 28.4 Å². The van der Waals surface area contributed by atoms with Crippen LogP contribution in [0.15, 0.2) is 42.5 Å². The minimum Gasteiger partial charge on any atom is -0.489 e. The first-order valence-electron chi connectivity index (χ1n) is 6.02. The molecule has 0 aliphatic heterocycles. The Hall–Kier alpha value is -2.31. The summed E-state index contributed by atoms with van der Waals surface area (Å²) in [6.45, 7) is 1.79. The van der Waals surface area contributed by atoms with Crippen molar-refractivity contribution in [2.45, 2.75) is 13.5 Å². The molecule has 0 heterocycles. The molecule has 0 aromatic heterocycles. The number of Topliss-reactive ketones (excluding diaryl/α,β-unsaturated/α-hetero) is 1. The zero-order valence-corrected chi connectivity index (χ0v) is 11.6. The third-order valence-electron chi connectivity index (χ3n) is 2.82. The van der Waals surface area contributed by atoms with Gasteiger partial charge in [0.05, 0.1) is 11.6 Å². The van der Waals surface area contributed by atoms with Crippen LogP contribution in [0.5, 0.6) is 5.75 Å². The lowest BCUT2D eigenvalue weighted by atomic mass is 10.1. The zero-order chi connectivity index (χ0) is 14.5. The average Bonchev–Trinajstić information content (AvgIpc) is 2.46. The highest BCUT2D eigenvalue weighted by molar-refractivity contribution is 6.31. The van der Waals surface area contributed by atoms with Gasteiger partial charge in [-0.1, -0.05) is 29.8 Å². The largest absolute Gasteiger partial charge is 0.489 e. The summed E-state index contributed by atoms with van der Waals surface area (Å²) in [5.41, 5.74) is 1.91. The van der Waals surface area contributed by atoms with E-state index in [0.717, 1.165) is 5.56 Å². The van der Waals surface area contributed by atoms with Crippen molar-refractivity contribution in [2.24, 2.45) is 0 Å². The molecule has 0 radical (unpaired) electrons. The third kappa shape index (κ3) is 3.37. The van der Waals surface area contributed by atoms with Gasteiger partial charge in [0, 0.05) is 16.1 Å². The molecule has 20 heavy (non-hydrogen) atoms. The van der Waals surface area contributed by atoms with Crippen molar-refractivity contribution in [2.75, 3.05) is 0 Å². The molecule has 4 heteroatoms. The van der Waals surface area contributed by atoms with Gasteiger partial charge in [0.15, 0.2) is 5.78 Å². The number of carbonyl (C=O) groups is 1. The van der Waals surface area contributed by atoms with Gasteiger partial charge in [0.2, 0.25) is 0 Å². The average molecular weight is 286 g/mol. The number of carbonyl (C=O) groups excluding carboxylic acids is 1. The van der Waals surface area contributed by atoms with E-state index in [9.17, 15) is 4.79 Å². The number of benzene rings is 2. The fraction of sp³-hybridized carbons (Fsp3) is 0.125. The van der Waals surface area contributed by atoms with E-state index in [1.807, 2.05) is 6.07 Å². The number of ether oxygens (including phenoxy) is 1. The summed E-state index contributed by atoms with van der Waals surface area (Å²) >= 11 is 6.07. The molecule has 0 aliphatic carbocycles. The van der Waals surface area contributed by atoms with Crippen LogP contribution in [0, 0.1) is 11.3 Å². The predicted molar refractivity (Wildman–Crippen MR) is 76.9 cm³/mol. The lowest BCUT2D eigenvalue weighted by Crippen LogP contribution is -1.98. The second kappa shape index (κ2) is 6.23. The Morgan fingerprint density at radius 3 is 2.75 bits per heavy atom. The van der Waals surface area contributed by atoms with E-state index in [4.69, 9.17) is 21.6 Å². The molecule has 100 valence electrons. The first-order chi connectivity index (χ1) is 9.60. The van der Waals surface area contributed by atoms with Crippen molar-refractivity contribution in [3.63, 3.8) is 0 Å². The summed E-state index contributed by atoms with van der Waals surface area (Å²) in [5.74, 6) is 0.602. The Labute approximate surface area is 122 Å². The van der Waals surface area contributed by atoms with Gasteiger partial charge in [0.1, 0.15) is 12.4 Å². The zero-order valence-electron chi connectivity index (χ0n) is 10.9. The molecule has 0 bridgehead atoms.